The second-order valence-electron chi connectivity index (χ2n) is 6.34. The van der Waals surface area contributed by atoms with Crippen molar-refractivity contribution >= 4 is 17.8 Å². The number of aliphatic carboxylic acids is 1. The molecule has 0 aromatic heterocycles. The van der Waals surface area contributed by atoms with Crippen molar-refractivity contribution in [2.45, 2.75) is 57.0 Å². The molecule has 1 aliphatic heterocycles. The van der Waals surface area contributed by atoms with E-state index in [1.165, 1.54) is 4.90 Å². The maximum atomic E-state index is 12.2. The molecule has 1 saturated carbocycles. The molecular formula is C15H21F3N2O5. The van der Waals surface area contributed by atoms with Crippen LogP contribution in [0.15, 0.2) is 0 Å². The predicted octanol–water partition coefficient (Wildman–Crippen LogP) is 1.27. The van der Waals surface area contributed by atoms with E-state index in [1.54, 1.807) is 0 Å². The quantitative estimate of drug-likeness (QED) is 0.764. The summed E-state index contributed by atoms with van der Waals surface area (Å²) in [7, 11) is 0. The Hall–Kier alpha value is -1.84. The van der Waals surface area contributed by atoms with Crippen molar-refractivity contribution in [2.75, 3.05) is 13.1 Å². The van der Waals surface area contributed by atoms with Gasteiger partial charge in [-0.25, -0.2) is 4.79 Å². The van der Waals surface area contributed by atoms with Gasteiger partial charge in [0, 0.05) is 12.5 Å². The molecule has 0 unspecified atom stereocenters. The molecule has 0 aromatic carbocycles. The highest BCUT2D eigenvalue weighted by molar-refractivity contribution is 5.89. The van der Waals surface area contributed by atoms with E-state index in [0.717, 1.165) is 0 Å². The van der Waals surface area contributed by atoms with Gasteiger partial charge in [0.2, 0.25) is 11.8 Å². The monoisotopic (exact) mass is 366 g/mol. The van der Waals surface area contributed by atoms with Crippen LogP contribution in [0.4, 0.5) is 13.2 Å². The number of carbonyl (C=O) groups is 3. The zero-order valence-corrected chi connectivity index (χ0v) is 13.6. The second kappa shape index (κ2) is 8.03. The molecule has 7 nitrogen and oxygen atoms in total. The molecule has 2 aliphatic rings. The number of hydrogen-bond donors (Lipinski definition) is 2. The Morgan fingerprint density at radius 1 is 1.12 bits per heavy atom. The van der Waals surface area contributed by atoms with Crippen molar-refractivity contribution in [1.29, 1.82) is 0 Å². The Labute approximate surface area is 142 Å². The minimum absolute atomic E-state index is 0.124. The van der Waals surface area contributed by atoms with Gasteiger partial charge in [-0.3, -0.25) is 14.3 Å². The van der Waals surface area contributed by atoms with Crippen LogP contribution in [-0.2, 0) is 19.1 Å². The van der Waals surface area contributed by atoms with Crippen LogP contribution in [0.1, 0.15) is 38.5 Å². The lowest BCUT2D eigenvalue weighted by Gasteiger charge is -2.28. The van der Waals surface area contributed by atoms with Gasteiger partial charge in [-0.15, -0.1) is 13.2 Å². The average molecular weight is 366 g/mol. The van der Waals surface area contributed by atoms with E-state index in [4.69, 9.17) is 5.11 Å². The SMILES string of the molecule is O=C(NCC(=O)N1CCC[C@H]1C(=O)O)C1CCC(OC(F)(F)F)CC1. The number of carboxylic acid groups (broad SMARTS) is 1. The van der Waals surface area contributed by atoms with E-state index in [9.17, 15) is 27.6 Å². The van der Waals surface area contributed by atoms with Crippen LogP contribution in [-0.4, -0.2) is 59.4 Å². The minimum atomic E-state index is -4.68. The Balaban J connectivity index is 1.74. The van der Waals surface area contributed by atoms with Crippen molar-refractivity contribution in [1.82, 2.24) is 10.2 Å². The summed E-state index contributed by atoms with van der Waals surface area (Å²) in [5, 5.41) is 11.5. The standard InChI is InChI=1S/C15H21F3N2O5/c16-15(17,18)25-10-5-3-9(4-6-10)13(22)19-8-12(21)20-7-1-2-11(20)14(23)24/h9-11H,1-8H2,(H,19,22)(H,23,24)/t9?,10?,11-/m0/s1. The van der Waals surface area contributed by atoms with Crippen LogP contribution in [0, 0.1) is 5.92 Å². The highest BCUT2D eigenvalue weighted by Crippen LogP contribution is 2.30. The summed E-state index contributed by atoms with van der Waals surface area (Å²) in [5.74, 6) is -2.40. The van der Waals surface area contributed by atoms with Crippen molar-refractivity contribution in [3.05, 3.63) is 0 Å². The Bertz CT molecular complexity index is 518. The first kappa shape index (κ1) is 19.5. The Morgan fingerprint density at radius 2 is 1.76 bits per heavy atom. The average Bonchev–Trinajstić information content (AvgIpc) is 3.01. The second-order valence-corrected chi connectivity index (χ2v) is 6.34. The summed E-state index contributed by atoms with van der Waals surface area (Å²) in [5.41, 5.74) is 0. The third kappa shape index (κ3) is 5.58. The molecule has 0 spiro atoms. The number of alkyl halides is 3. The summed E-state index contributed by atoms with van der Waals surface area (Å²) < 4.78 is 40.4. The summed E-state index contributed by atoms with van der Waals surface area (Å²) >= 11 is 0. The van der Waals surface area contributed by atoms with E-state index >= 15 is 0 Å². The molecule has 1 aliphatic carbocycles. The molecule has 1 saturated heterocycles. The molecule has 142 valence electrons. The number of carboxylic acids is 1. The van der Waals surface area contributed by atoms with Crippen LogP contribution in [0.25, 0.3) is 0 Å². The van der Waals surface area contributed by atoms with Crippen LogP contribution in [0.2, 0.25) is 0 Å². The van der Waals surface area contributed by atoms with Gasteiger partial charge in [-0.2, -0.15) is 0 Å². The molecule has 1 atom stereocenters. The van der Waals surface area contributed by atoms with E-state index in [0.29, 0.717) is 19.4 Å². The van der Waals surface area contributed by atoms with E-state index in [1.807, 2.05) is 0 Å². The number of carbonyl (C=O) groups excluding carboxylic acids is 2. The Morgan fingerprint density at radius 3 is 2.32 bits per heavy atom. The van der Waals surface area contributed by atoms with Crippen LogP contribution < -0.4 is 5.32 Å². The van der Waals surface area contributed by atoms with Gasteiger partial charge in [0.15, 0.2) is 0 Å². The third-order valence-corrected chi connectivity index (χ3v) is 4.62. The first-order valence-electron chi connectivity index (χ1n) is 8.22. The number of halogens is 3. The topological polar surface area (TPSA) is 95.9 Å². The summed E-state index contributed by atoms with van der Waals surface area (Å²) in [6.45, 7) is 0.0349. The molecule has 25 heavy (non-hydrogen) atoms. The lowest BCUT2D eigenvalue weighted by molar-refractivity contribution is -0.345. The highest BCUT2D eigenvalue weighted by Gasteiger charge is 2.37. The van der Waals surface area contributed by atoms with Crippen LogP contribution in [0.5, 0.6) is 0 Å². The van der Waals surface area contributed by atoms with Crippen molar-refractivity contribution < 1.29 is 37.4 Å². The lowest BCUT2D eigenvalue weighted by Crippen LogP contribution is -2.46. The van der Waals surface area contributed by atoms with Gasteiger partial charge in [0.05, 0.1) is 12.6 Å². The summed E-state index contributed by atoms with van der Waals surface area (Å²) in [6, 6.07) is -0.862. The van der Waals surface area contributed by atoms with E-state index < -0.39 is 42.2 Å². The van der Waals surface area contributed by atoms with Gasteiger partial charge in [0.25, 0.3) is 0 Å². The zero-order chi connectivity index (χ0) is 18.6. The molecule has 10 heteroatoms. The van der Waals surface area contributed by atoms with Crippen LogP contribution in [0.3, 0.4) is 0 Å². The normalized spacial score (nSPS) is 27.2. The molecule has 2 amide bonds. The molecule has 1 heterocycles. The van der Waals surface area contributed by atoms with Crippen molar-refractivity contribution in [2.24, 2.45) is 5.92 Å². The van der Waals surface area contributed by atoms with Gasteiger partial charge in [-0.05, 0) is 38.5 Å². The molecule has 0 radical (unpaired) electrons. The van der Waals surface area contributed by atoms with E-state index in [2.05, 4.69) is 10.1 Å². The number of hydrogen-bond acceptors (Lipinski definition) is 4. The van der Waals surface area contributed by atoms with Gasteiger partial charge in [-0.1, -0.05) is 0 Å². The van der Waals surface area contributed by atoms with Gasteiger partial charge in [0.1, 0.15) is 6.04 Å². The fourth-order valence-electron chi connectivity index (χ4n) is 3.36. The lowest BCUT2D eigenvalue weighted by atomic mass is 9.87. The minimum Gasteiger partial charge on any atom is -0.480 e. The molecule has 0 aromatic rings. The smallest absolute Gasteiger partial charge is 0.480 e. The molecule has 2 N–H and O–H groups in total. The maximum absolute atomic E-state index is 12.2. The third-order valence-electron chi connectivity index (χ3n) is 4.62. The van der Waals surface area contributed by atoms with Gasteiger partial charge >= 0.3 is 12.3 Å². The molecule has 2 fully saturated rings. The van der Waals surface area contributed by atoms with Gasteiger partial charge < -0.3 is 15.3 Å². The van der Waals surface area contributed by atoms with Crippen molar-refractivity contribution in [3.8, 4) is 0 Å². The van der Waals surface area contributed by atoms with Crippen LogP contribution >= 0.6 is 0 Å². The first-order valence-corrected chi connectivity index (χ1v) is 8.22. The van der Waals surface area contributed by atoms with Crippen molar-refractivity contribution in [3.63, 3.8) is 0 Å². The fourth-order valence-corrected chi connectivity index (χ4v) is 3.36. The number of nitrogens with one attached hydrogen (secondary N) is 1. The van der Waals surface area contributed by atoms with E-state index in [-0.39, 0.29) is 32.2 Å². The zero-order valence-electron chi connectivity index (χ0n) is 13.6. The summed E-state index contributed by atoms with van der Waals surface area (Å²) in [4.78, 5) is 36.4. The molecule has 0 bridgehead atoms. The predicted molar refractivity (Wildman–Crippen MR) is 78.3 cm³/mol. The largest absolute Gasteiger partial charge is 0.522 e. The fraction of sp³-hybridized carbons (Fsp3) is 0.800. The molecule has 2 rings (SSSR count). The maximum Gasteiger partial charge on any atom is 0.522 e. The Kier molecular flexibility index (Phi) is 6.26. The first-order chi connectivity index (χ1) is 11.7. The summed E-state index contributed by atoms with van der Waals surface area (Å²) in [6.07, 6.45) is -3.88. The number of amides is 2. The molecular weight excluding hydrogens is 345 g/mol. The highest BCUT2D eigenvalue weighted by atomic mass is 19.4. The number of rotatable bonds is 5. The number of likely N-dealkylation sites (tertiary alicyclic amines) is 1. The number of ether oxygens (including phenoxy) is 1. The number of nitrogens with zero attached hydrogens (tertiary/aromatic N) is 1.